The fraction of sp³-hybridized carbons (Fsp3) is 0.450. The van der Waals surface area contributed by atoms with Crippen LogP contribution in [-0.2, 0) is 36.7 Å². The smallest absolute Gasteiger partial charge is 0.316 e. The van der Waals surface area contributed by atoms with Crippen molar-refractivity contribution in [3.63, 3.8) is 0 Å². The average Bonchev–Trinajstić information content (AvgIpc) is 3.11. The van der Waals surface area contributed by atoms with Crippen LogP contribution < -0.4 is 10.2 Å². The first-order valence-corrected chi connectivity index (χ1v) is 18.3. The van der Waals surface area contributed by atoms with Gasteiger partial charge in [0.05, 0.1) is 27.5 Å². The molecule has 2 aliphatic rings. The molecule has 1 N–H and O–H groups in total. The van der Waals surface area contributed by atoms with Gasteiger partial charge in [0, 0.05) is 57.9 Å². The molecule has 1 atom stereocenters. The highest BCUT2D eigenvalue weighted by Crippen LogP contribution is 2.40. The molecule has 2 aliphatic heterocycles. The third-order valence-electron chi connectivity index (χ3n) is 10.5. The number of nitrogens with one attached hydrogen (secondary N) is 1. The van der Waals surface area contributed by atoms with Gasteiger partial charge in [0.25, 0.3) is 0 Å². The molecule has 4 amide bonds. The third-order valence-corrected chi connectivity index (χ3v) is 11.3. The number of carbonyl (C=O) groups is 4. The van der Waals surface area contributed by atoms with Crippen molar-refractivity contribution in [1.29, 1.82) is 0 Å². The number of anilines is 1. The number of benzene rings is 3. The monoisotopic (exact) mass is 769 g/mol. The van der Waals surface area contributed by atoms with Gasteiger partial charge in [-0.2, -0.15) is 0 Å². The molecule has 3 aromatic rings. The maximum Gasteiger partial charge on any atom is 0.316 e. The van der Waals surface area contributed by atoms with E-state index in [1.165, 1.54) is 15.4 Å². The van der Waals surface area contributed by atoms with Crippen LogP contribution in [0.2, 0.25) is 10.0 Å². The van der Waals surface area contributed by atoms with E-state index >= 15 is 0 Å². The van der Waals surface area contributed by atoms with Crippen molar-refractivity contribution in [2.75, 3.05) is 51.7 Å². The van der Waals surface area contributed by atoms with E-state index in [9.17, 15) is 19.2 Å². The van der Waals surface area contributed by atoms with Crippen LogP contribution in [0.1, 0.15) is 63.6 Å². The van der Waals surface area contributed by atoms with Crippen LogP contribution >= 0.6 is 35.6 Å². The summed E-state index contributed by atoms with van der Waals surface area (Å²) in [5.41, 5.74) is 1.24. The van der Waals surface area contributed by atoms with E-state index in [1.54, 1.807) is 43.3 Å². The van der Waals surface area contributed by atoms with Crippen molar-refractivity contribution in [2.45, 2.75) is 64.5 Å². The van der Waals surface area contributed by atoms with Gasteiger partial charge in [0.1, 0.15) is 0 Å². The number of halogens is 3. The van der Waals surface area contributed by atoms with E-state index in [4.69, 9.17) is 23.2 Å². The summed E-state index contributed by atoms with van der Waals surface area (Å²) in [5, 5.41) is 3.98. The van der Waals surface area contributed by atoms with Crippen LogP contribution in [0, 0.1) is 5.41 Å². The van der Waals surface area contributed by atoms with Gasteiger partial charge >= 0.3 is 11.8 Å². The van der Waals surface area contributed by atoms with Crippen molar-refractivity contribution in [1.82, 2.24) is 20.0 Å². The highest BCUT2D eigenvalue weighted by atomic mass is 35.5. The number of likely N-dealkylation sites (tertiary alicyclic amines) is 1. The fourth-order valence-electron chi connectivity index (χ4n) is 7.70. The second kappa shape index (κ2) is 16.6. The number of para-hydroxylation sites is 1. The number of carbonyl (C=O) groups excluding carboxylic acids is 4. The fourth-order valence-corrected chi connectivity index (χ4v) is 8.00. The molecule has 0 aromatic heterocycles. The summed E-state index contributed by atoms with van der Waals surface area (Å²) >= 11 is 13.0. The molecule has 0 unspecified atom stereocenters. The third kappa shape index (κ3) is 8.44. The first-order valence-electron chi connectivity index (χ1n) is 17.6. The predicted molar refractivity (Wildman–Crippen MR) is 210 cm³/mol. The van der Waals surface area contributed by atoms with Crippen molar-refractivity contribution in [2.24, 2.45) is 5.41 Å². The minimum atomic E-state index is -1.17. The largest absolute Gasteiger partial charge is 0.346 e. The Labute approximate surface area is 324 Å². The minimum absolute atomic E-state index is 0. The van der Waals surface area contributed by atoms with E-state index < -0.39 is 28.3 Å². The van der Waals surface area contributed by atoms with E-state index in [2.05, 4.69) is 16.3 Å². The summed E-state index contributed by atoms with van der Waals surface area (Å²) < 4.78 is 0. The van der Waals surface area contributed by atoms with Crippen LogP contribution in [0.4, 0.5) is 5.69 Å². The number of hydrogen-bond donors (Lipinski definition) is 1. The molecule has 2 heterocycles. The molecule has 1 spiro atoms. The summed E-state index contributed by atoms with van der Waals surface area (Å²) in [6.07, 6.45) is 2.23. The van der Waals surface area contributed by atoms with Gasteiger partial charge in [-0.1, -0.05) is 92.5 Å². The number of likely N-dealkylation sites (N-methyl/N-ethyl adjacent to an activating group) is 3. The summed E-state index contributed by atoms with van der Waals surface area (Å²) in [5.74, 6) is -1.45. The van der Waals surface area contributed by atoms with Crippen molar-refractivity contribution in [3.05, 3.63) is 99.5 Å². The lowest BCUT2D eigenvalue weighted by atomic mass is 9.75. The van der Waals surface area contributed by atoms with Crippen LogP contribution in [0.25, 0.3) is 0 Å². The first-order chi connectivity index (χ1) is 24.1. The highest BCUT2D eigenvalue weighted by molar-refractivity contribution is 6.42. The van der Waals surface area contributed by atoms with Gasteiger partial charge in [0.2, 0.25) is 11.8 Å². The molecule has 0 bridgehead atoms. The molecular weight excluding hydrogens is 721 g/mol. The zero-order valence-corrected chi connectivity index (χ0v) is 33.2. The number of rotatable bonds is 9. The molecule has 9 nitrogen and oxygen atoms in total. The summed E-state index contributed by atoms with van der Waals surface area (Å²) in [6.45, 7) is 9.76. The molecule has 1 saturated heterocycles. The molecule has 5 rings (SSSR count). The summed E-state index contributed by atoms with van der Waals surface area (Å²) in [7, 11) is 3.37. The molecule has 0 saturated carbocycles. The quantitative estimate of drug-likeness (QED) is 0.245. The predicted octanol–water partition coefficient (Wildman–Crippen LogP) is 6.68. The molecule has 12 heteroatoms. The van der Waals surface area contributed by atoms with Gasteiger partial charge in [-0.25, -0.2) is 0 Å². The van der Waals surface area contributed by atoms with Gasteiger partial charge in [-0.3, -0.25) is 19.2 Å². The van der Waals surface area contributed by atoms with E-state index in [0.29, 0.717) is 60.3 Å². The Morgan fingerprint density at radius 3 is 2.13 bits per heavy atom. The van der Waals surface area contributed by atoms with Crippen LogP contribution in [0.5, 0.6) is 0 Å². The lowest BCUT2D eigenvalue weighted by Gasteiger charge is -2.48. The Hall–Kier alpha value is -3.63. The lowest BCUT2D eigenvalue weighted by molar-refractivity contribution is -0.151. The standard InChI is InChI=1S/C40H49Cl2N5O4.ClH/c1-7-47(30-14-9-8-10-15-30)36(50)35(49)45(6)40(27-44(5)37(51)38(2,3)4,29-17-18-32(41)33(42)26-29)21-24-46-22-19-39(20-23-46)31-16-12-11-13-28(31)25-34(48)43-39;/h8-18,26H,7,19-25,27H2,1-6H3,(H,43,48);1H/t40-;/m1./s1. The maximum absolute atomic E-state index is 14.5. The second-order valence-electron chi connectivity index (χ2n) is 14.9. The molecule has 280 valence electrons. The number of fused-ring (bicyclic) bond motifs is 2. The second-order valence-corrected chi connectivity index (χ2v) is 15.7. The van der Waals surface area contributed by atoms with Crippen LogP contribution in [-0.4, -0.2) is 85.1 Å². The Bertz CT molecular complexity index is 1770. The zero-order valence-electron chi connectivity index (χ0n) is 30.9. The number of piperidine rings is 1. The Morgan fingerprint density at radius 2 is 1.52 bits per heavy atom. The highest BCUT2D eigenvalue weighted by Gasteiger charge is 2.46. The zero-order chi connectivity index (χ0) is 37.1. The van der Waals surface area contributed by atoms with Gasteiger partial charge in [-0.15, -0.1) is 12.4 Å². The Morgan fingerprint density at radius 1 is 0.885 bits per heavy atom. The van der Waals surface area contributed by atoms with Crippen molar-refractivity contribution in [3.8, 4) is 0 Å². The van der Waals surface area contributed by atoms with Gasteiger partial charge in [-0.05, 0) is 67.1 Å². The Kier molecular flexibility index (Phi) is 13.1. The minimum Gasteiger partial charge on any atom is -0.346 e. The van der Waals surface area contributed by atoms with Crippen LogP contribution in [0.15, 0.2) is 72.8 Å². The lowest BCUT2D eigenvalue weighted by Crippen LogP contribution is -2.60. The van der Waals surface area contributed by atoms with Crippen LogP contribution in [0.3, 0.4) is 0 Å². The SMILES string of the molecule is CCN(C(=O)C(=O)N(C)[C@](CCN1CCC2(CC1)NC(=O)Cc1ccccc12)(CN(C)C(=O)C(C)(C)C)c1ccc(Cl)c(Cl)c1)c1ccccc1.Cl. The molecule has 52 heavy (non-hydrogen) atoms. The molecular formula is C40H50Cl3N5O4. The summed E-state index contributed by atoms with van der Waals surface area (Å²) in [6, 6.07) is 22.5. The molecule has 0 radical (unpaired) electrons. The van der Waals surface area contributed by atoms with Crippen molar-refractivity contribution < 1.29 is 19.2 Å². The van der Waals surface area contributed by atoms with E-state index in [0.717, 1.165) is 18.4 Å². The number of nitrogens with zero attached hydrogens (tertiary/aromatic N) is 4. The molecule has 0 aliphatic carbocycles. The maximum atomic E-state index is 14.5. The number of amides is 4. The number of hydrogen-bond acceptors (Lipinski definition) is 5. The van der Waals surface area contributed by atoms with E-state index in [-0.39, 0.29) is 30.8 Å². The molecule has 3 aromatic carbocycles. The first kappa shape index (κ1) is 41.1. The van der Waals surface area contributed by atoms with Gasteiger partial charge < -0.3 is 24.9 Å². The summed E-state index contributed by atoms with van der Waals surface area (Å²) in [4.78, 5) is 62.0. The topological polar surface area (TPSA) is 93.3 Å². The average molecular weight is 771 g/mol. The van der Waals surface area contributed by atoms with E-state index in [1.807, 2.05) is 70.2 Å². The van der Waals surface area contributed by atoms with Crippen molar-refractivity contribution >= 4 is 64.9 Å². The Balaban J connectivity index is 0.00000605. The normalized spacial score (nSPS) is 16.5. The van der Waals surface area contributed by atoms with Gasteiger partial charge in [0.15, 0.2) is 0 Å². The molecule has 1 fully saturated rings.